The second-order valence-electron chi connectivity index (χ2n) is 10.7. The van der Waals surface area contributed by atoms with Crippen molar-refractivity contribution in [2.45, 2.75) is 57.0 Å². The van der Waals surface area contributed by atoms with Crippen molar-refractivity contribution in [1.82, 2.24) is 25.2 Å². The summed E-state index contributed by atoms with van der Waals surface area (Å²) in [5.41, 5.74) is 15.5. The van der Waals surface area contributed by atoms with Crippen molar-refractivity contribution in [3.8, 4) is 11.8 Å². The van der Waals surface area contributed by atoms with Crippen LogP contribution in [-0.2, 0) is 41.1 Å². The zero-order valence-electron chi connectivity index (χ0n) is 27.8. The molecule has 1 fully saturated rings. The summed E-state index contributed by atoms with van der Waals surface area (Å²) in [4.78, 5) is 60.0. The Bertz CT molecular complexity index is 1750. The predicted molar refractivity (Wildman–Crippen MR) is 191 cm³/mol. The number of aromatic nitrogens is 3. The molecule has 1 aliphatic rings. The molecule has 2 aromatic rings. The highest BCUT2D eigenvalue weighted by molar-refractivity contribution is 8.76. The van der Waals surface area contributed by atoms with Gasteiger partial charge in [-0.05, 0) is 32.0 Å². The molecule has 22 nitrogen and oxygen atoms in total. The first-order chi connectivity index (χ1) is 24.6. The van der Waals surface area contributed by atoms with Crippen LogP contribution in [0.2, 0.25) is 0 Å². The van der Waals surface area contributed by atoms with Crippen LogP contribution in [-0.4, -0.2) is 97.2 Å². The second-order valence-corrected chi connectivity index (χ2v) is 17.8. The van der Waals surface area contributed by atoms with Crippen molar-refractivity contribution in [2.24, 2.45) is 5.11 Å². The maximum Gasteiger partial charge on any atom is 0.490 e. The van der Waals surface area contributed by atoms with Crippen molar-refractivity contribution >= 4 is 67.8 Å². The Hall–Kier alpha value is -2.25. The van der Waals surface area contributed by atoms with Crippen molar-refractivity contribution in [1.29, 1.82) is 0 Å². The molecule has 0 spiro atoms. The highest BCUT2D eigenvalue weighted by atomic mass is 33.1. The molecule has 2 unspecified atom stereocenters. The van der Waals surface area contributed by atoms with Gasteiger partial charge in [0.25, 0.3) is 0 Å². The van der Waals surface area contributed by atoms with Crippen LogP contribution in [0.25, 0.3) is 21.5 Å². The van der Waals surface area contributed by atoms with Crippen molar-refractivity contribution in [3.05, 3.63) is 28.5 Å². The topological polar surface area (TPSA) is 325 Å². The van der Waals surface area contributed by atoms with Crippen LogP contribution in [0.5, 0.6) is 0 Å². The molecular formula is C25H40N9O13P3S2. The number of carbonyl (C=O) groups is 1. The monoisotopic (exact) mass is 831 g/mol. The summed E-state index contributed by atoms with van der Waals surface area (Å²) in [6, 6.07) is 0. The van der Waals surface area contributed by atoms with Gasteiger partial charge in [-0.2, -0.15) is 8.62 Å². The summed E-state index contributed by atoms with van der Waals surface area (Å²) in [6.45, 7) is -0.203. The van der Waals surface area contributed by atoms with E-state index in [1.165, 1.54) is 25.6 Å². The van der Waals surface area contributed by atoms with Crippen LogP contribution in [0.1, 0.15) is 50.3 Å². The SMILES string of the molecule is CNCCCCCCSSCCC(=O)NCC#Cc1cn([C@H]2C[C@@H](OCN=[N+]=[N-])[C@@H](COP(=O)(O)OP(=O)(O)OP(=O)(O)O)O2)c2ncnc(N)c12. The maximum absolute atomic E-state index is 12.3. The van der Waals surface area contributed by atoms with Crippen molar-refractivity contribution in [3.63, 3.8) is 0 Å². The van der Waals surface area contributed by atoms with E-state index in [1.807, 2.05) is 7.05 Å². The molecule has 0 aliphatic carbocycles. The number of azide groups is 1. The lowest BCUT2D eigenvalue weighted by molar-refractivity contribution is -0.120. The van der Waals surface area contributed by atoms with E-state index in [-0.39, 0.29) is 24.7 Å². The number of phosphoric acid groups is 3. The molecule has 3 rings (SSSR count). The van der Waals surface area contributed by atoms with E-state index in [4.69, 9.17) is 35.0 Å². The van der Waals surface area contributed by atoms with E-state index in [0.717, 1.165) is 18.7 Å². The number of nitrogens with two attached hydrogens (primary N) is 1. The van der Waals surface area contributed by atoms with Gasteiger partial charge in [-0.15, -0.1) is 0 Å². The third kappa shape index (κ3) is 15.6. The third-order valence-electron chi connectivity index (χ3n) is 6.85. The Morgan fingerprint density at radius 2 is 1.90 bits per heavy atom. The maximum atomic E-state index is 12.3. The molecule has 8 N–H and O–H groups in total. The molecule has 0 aromatic carbocycles. The summed E-state index contributed by atoms with van der Waals surface area (Å²) in [6.07, 6.45) is 4.77. The van der Waals surface area contributed by atoms with Gasteiger partial charge in [-0.3, -0.25) is 9.32 Å². The first-order valence-corrected chi connectivity index (χ1v) is 22.5. The molecule has 1 amide bonds. The fraction of sp³-hybridized carbons (Fsp3) is 0.640. The van der Waals surface area contributed by atoms with Gasteiger partial charge < -0.3 is 50.0 Å². The number of nitrogens with zero attached hydrogens (tertiary/aromatic N) is 6. The van der Waals surface area contributed by atoms with Gasteiger partial charge in [0.2, 0.25) is 5.91 Å². The van der Waals surface area contributed by atoms with E-state index in [2.05, 4.69) is 51.1 Å². The lowest BCUT2D eigenvalue weighted by Crippen LogP contribution is -2.29. The smallest absolute Gasteiger partial charge is 0.383 e. The minimum absolute atomic E-state index is 0.0228. The van der Waals surface area contributed by atoms with Gasteiger partial charge >= 0.3 is 23.5 Å². The first-order valence-electron chi connectivity index (χ1n) is 15.5. The average molecular weight is 832 g/mol. The average Bonchev–Trinajstić information content (AvgIpc) is 3.63. The molecule has 2 aromatic heterocycles. The molecular weight excluding hydrogens is 791 g/mol. The minimum Gasteiger partial charge on any atom is -0.383 e. The highest BCUT2D eigenvalue weighted by Crippen LogP contribution is 2.66. The van der Waals surface area contributed by atoms with Gasteiger partial charge in [-0.25, -0.2) is 23.7 Å². The summed E-state index contributed by atoms with van der Waals surface area (Å²) >= 11 is 0. The van der Waals surface area contributed by atoms with Crippen LogP contribution < -0.4 is 16.4 Å². The van der Waals surface area contributed by atoms with E-state index >= 15 is 0 Å². The predicted octanol–water partition coefficient (Wildman–Crippen LogP) is 3.32. The number of phosphoric ester groups is 1. The number of hydrogen-bond donors (Lipinski definition) is 7. The Labute approximate surface area is 306 Å². The Morgan fingerprint density at radius 3 is 2.63 bits per heavy atom. The van der Waals surface area contributed by atoms with Crippen LogP contribution >= 0.6 is 45.1 Å². The van der Waals surface area contributed by atoms with Gasteiger partial charge in [0.05, 0.1) is 30.2 Å². The van der Waals surface area contributed by atoms with Gasteiger partial charge in [0.15, 0.2) is 0 Å². The molecule has 1 saturated heterocycles. The zero-order chi connectivity index (χ0) is 38.2. The molecule has 290 valence electrons. The largest absolute Gasteiger partial charge is 0.490 e. The highest BCUT2D eigenvalue weighted by Gasteiger charge is 2.43. The molecule has 3 heterocycles. The molecule has 5 atom stereocenters. The number of rotatable bonds is 23. The number of anilines is 1. The molecule has 0 bridgehead atoms. The van der Waals surface area contributed by atoms with Gasteiger partial charge in [0.1, 0.15) is 36.9 Å². The lowest BCUT2D eigenvalue weighted by atomic mass is 10.2. The van der Waals surface area contributed by atoms with Crippen LogP contribution in [0, 0.1) is 11.8 Å². The number of amides is 1. The Morgan fingerprint density at radius 1 is 1.15 bits per heavy atom. The zero-order valence-corrected chi connectivity index (χ0v) is 32.1. The van der Waals surface area contributed by atoms with E-state index < -0.39 is 55.2 Å². The Kier molecular flexibility index (Phi) is 18.3. The number of nitrogen functional groups attached to an aromatic ring is 1. The number of ether oxygens (including phenoxy) is 2. The second kappa shape index (κ2) is 21.6. The Balaban J connectivity index is 1.62. The molecule has 1 aliphatic heterocycles. The van der Waals surface area contributed by atoms with Crippen LogP contribution in [0.3, 0.4) is 0 Å². The summed E-state index contributed by atoms with van der Waals surface area (Å²) in [5, 5.41) is 9.57. The fourth-order valence-electron chi connectivity index (χ4n) is 4.68. The normalized spacial score (nSPS) is 19.7. The van der Waals surface area contributed by atoms with Crippen LogP contribution in [0.15, 0.2) is 17.6 Å². The summed E-state index contributed by atoms with van der Waals surface area (Å²) in [5.74, 6) is 7.50. The van der Waals surface area contributed by atoms with Crippen molar-refractivity contribution in [2.75, 3.05) is 50.7 Å². The molecule has 0 saturated carbocycles. The van der Waals surface area contributed by atoms with Gasteiger partial charge in [0, 0.05) is 35.5 Å². The molecule has 27 heteroatoms. The number of fused-ring (bicyclic) bond motifs is 1. The van der Waals surface area contributed by atoms with E-state index in [0.29, 0.717) is 28.8 Å². The summed E-state index contributed by atoms with van der Waals surface area (Å²) in [7, 11) is -11.5. The third-order valence-corrected chi connectivity index (χ3v) is 13.1. The van der Waals surface area contributed by atoms with E-state index in [1.54, 1.807) is 32.4 Å². The number of unbranched alkanes of at least 4 members (excludes halogenated alkanes) is 3. The number of nitrogens with one attached hydrogen (secondary N) is 2. The summed E-state index contributed by atoms with van der Waals surface area (Å²) < 4.78 is 60.2. The van der Waals surface area contributed by atoms with Crippen molar-refractivity contribution < 1.29 is 60.7 Å². The first kappa shape index (κ1) is 44.1. The fourth-order valence-corrected chi connectivity index (χ4v) is 9.85. The van der Waals surface area contributed by atoms with E-state index in [9.17, 15) is 28.3 Å². The molecule has 52 heavy (non-hydrogen) atoms. The minimum atomic E-state index is -5.75. The number of carbonyl (C=O) groups excluding carboxylic acids is 1. The quantitative estimate of drug-likeness (QED) is 0.0161. The van der Waals surface area contributed by atoms with Gasteiger partial charge in [-0.1, -0.05) is 51.4 Å². The lowest BCUT2D eigenvalue weighted by Gasteiger charge is -2.21. The number of hydrogen-bond acceptors (Lipinski definition) is 16. The standard InChI is InChI=1S/C25H40N9O13P3S2/c1-28-9-4-2-3-5-11-51-52-12-8-21(35)29-10-6-7-18-14-34(25-23(18)24(26)30-16-31-25)22-13-19(43-17-32-33-27)20(45-22)15-44-49(39,40)47-50(41,42)46-48(36,37)38/h14,16,19-20,22,28H,2-5,8-13,15,17H2,1H3,(H,29,35)(H,39,40)(H,41,42)(H2,26,30,31)(H2,36,37,38)/t19-,20-,22-/m1/s1. The van der Waals surface area contributed by atoms with Crippen LogP contribution in [0.4, 0.5) is 5.82 Å². The molecule has 0 radical (unpaired) electrons.